The summed E-state index contributed by atoms with van der Waals surface area (Å²) in [5, 5.41) is 16.5. The zero-order valence-corrected chi connectivity index (χ0v) is 14.8. The second-order valence-corrected chi connectivity index (χ2v) is 7.11. The van der Waals surface area contributed by atoms with E-state index in [1.807, 2.05) is 12.1 Å². The monoisotopic (exact) mass is 397 g/mol. The zero-order valence-electron chi connectivity index (χ0n) is 14.0. The summed E-state index contributed by atoms with van der Waals surface area (Å²) < 4.78 is 46.5. The van der Waals surface area contributed by atoms with E-state index in [0.717, 1.165) is 24.0 Å². The van der Waals surface area contributed by atoms with Crippen LogP contribution in [0.1, 0.15) is 28.0 Å². The maximum atomic E-state index is 14.0. The Labute approximate surface area is 155 Å². The van der Waals surface area contributed by atoms with Crippen molar-refractivity contribution >= 4 is 28.1 Å². The molecule has 0 saturated heterocycles. The fourth-order valence-electron chi connectivity index (χ4n) is 3.53. The van der Waals surface area contributed by atoms with Crippen LogP contribution in [0.5, 0.6) is 0 Å². The second-order valence-electron chi connectivity index (χ2n) is 6.28. The molecule has 0 saturated carbocycles. The summed E-state index contributed by atoms with van der Waals surface area (Å²) in [6, 6.07) is 7.06. The van der Waals surface area contributed by atoms with Gasteiger partial charge in [-0.2, -0.15) is 23.3 Å². The smallest absolute Gasteiger partial charge is 0.439 e. The van der Waals surface area contributed by atoms with Gasteiger partial charge >= 0.3 is 12.1 Å². The third kappa shape index (κ3) is 2.54. The number of nitrogens with zero attached hydrogens (tertiary/aromatic N) is 3. The van der Waals surface area contributed by atoms with Crippen LogP contribution in [0.2, 0.25) is 0 Å². The highest BCUT2D eigenvalue weighted by atomic mass is 32.1. The molecule has 2 atom stereocenters. The van der Waals surface area contributed by atoms with Crippen LogP contribution in [0.3, 0.4) is 0 Å². The number of hydrogen-bond donors (Lipinski definition) is 1. The molecule has 0 bridgehead atoms. The van der Waals surface area contributed by atoms with Crippen LogP contribution in [0, 0.1) is 5.92 Å². The highest BCUT2D eigenvalue weighted by Crippen LogP contribution is 2.50. The molecule has 6 nitrogen and oxygen atoms in total. The molecule has 4 rings (SSSR count). The number of carbonyl (C=O) groups is 1. The number of rotatable bonds is 2. The predicted octanol–water partition coefficient (Wildman–Crippen LogP) is 2.97. The molecule has 1 aromatic carbocycles. The summed E-state index contributed by atoms with van der Waals surface area (Å²) in [6.45, 7) is 0. The summed E-state index contributed by atoms with van der Waals surface area (Å²) in [7, 11) is 1.15. The maximum Gasteiger partial charge on any atom is 0.439 e. The molecular weight excluding hydrogens is 383 g/mol. The average Bonchev–Trinajstić information content (AvgIpc) is 3.24. The molecule has 2 aliphatic rings. The first-order valence-corrected chi connectivity index (χ1v) is 8.95. The van der Waals surface area contributed by atoms with Crippen molar-refractivity contribution in [1.82, 2.24) is 4.98 Å². The largest absolute Gasteiger partial charge is 0.464 e. The van der Waals surface area contributed by atoms with Gasteiger partial charge in [-0.25, -0.2) is 9.78 Å². The minimum absolute atomic E-state index is 0.0948. The molecule has 2 aromatic rings. The van der Waals surface area contributed by atoms with Crippen molar-refractivity contribution in [3.8, 4) is 0 Å². The van der Waals surface area contributed by atoms with Crippen molar-refractivity contribution in [2.75, 3.05) is 12.1 Å². The average molecular weight is 397 g/mol. The lowest BCUT2D eigenvalue weighted by atomic mass is 9.77. The molecule has 1 aromatic heterocycles. The number of alkyl halides is 3. The minimum atomic E-state index is -4.98. The Bertz CT molecular complexity index is 943. The van der Waals surface area contributed by atoms with E-state index in [-0.39, 0.29) is 23.0 Å². The van der Waals surface area contributed by atoms with Gasteiger partial charge in [0, 0.05) is 10.9 Å². The quantitative estimate of drug-likeness (QED) is 0.789. The highest BCUT2D eigenvalue weighted by Gasteiger charge is 2.68. The first kappa shape index (κ1) is 17.9. The number of ether oxygens (including phenoxy) is 1. The first-order valence-electron chi connectivity index (χ1n) is 8.07. The Kier molecular flexibility index (Phi) is 4.00. The Morgan fingerprint density at radius 3 is 2.85 bits per heavy atom. The lowest BCUT2D eigenvalue weighted by Gasteiger charge is -2.38. The molecule has 10 heteroatoms. The van der Waals surface area contributed by atoms with E-state index < -0.39 is 23.8 Å². The van der Waals surface area contributed by atoms with Crippen LogP contribution in [0.15, 0.2) is 34.7 Å². The van der Waals surface area contributed by atoms with Crippen LogP contribution in [-0.2, 0) is 11.2 Å². The predicted molar refractivity (Wildman–Crippen MR) is 91.7 cm³/mol. The molecule has 1 N–H and O–H groups in total. The van der Waals surface area contributed by atoms with Gasteiger partial charge in [0.15, 0.2) is 5.69 Å². The van der Waals surface area contributed by atoms with Crippen molar-refractivity contribution in [1.29, 1.82) is 0 Å². The molecule has 1 aliphatic heterocycles. The Hall–Kier alpha value is -2.46. The molecule has 0 unspecified atom stereocenters. The topological polar surface area (TPSA) is 75.0 Å². The summed E-state index contributed by atoms with van der Waals surface area (Å²) in [6.07, 6.45) is -4.48. The van der Waals surface area contributed by atoms with E-state index in [4.69, 9.17) is 0 Å². The van der Waals surface area contributed by atoms with Gasteiger partial charge in [-0.15, -0.1) is 11.3 Å². The van der Waals surface area contributed by atoms with Gasteiger partial charge in [-0.05, 0) is 18.4 Å². The summed E-state index contributed by atoms with van der Waals surface area (Å²) in [4.78, 5) is 15.5. The van der Waals surface area contributed by atoms with Crippen LogP contribution in [0.4, 0.5) is 18.3 Å². The number of anilines is 1. The number of esters is 1. The molecule has 2 heterocycles. The van der Waals surface area contributed by atoms with Crippen molar-refractivity contribution in [3.63, 3.8) is 0 Å². The van der Waals surface area contributed by atoms with Crippen molar-refractivity contribution in [2.24, 2.45) is 11.0 Å². The Balaban J connectivity index is 1.85. The number of aromatic nitrogens is 1. The minimum Gasteiger partial charge on any atom is -0.464 e. The number of halogens is 3. The standard InChI is InChI=1S/C17H14F3N3O3S/c1-26-14(24)12-8-27-15(21-12)23-16(25,17(18,19)20)11-7-6-9-4-2-3-5-10(9)13(11)22-23/h2-5,8,11,25H,6-7H2,1H3/t11-,16-/m0/s1. The molecule has 1 aliphatic carbocycles. The number of hydrazone groups is 1. The number of aryl methyl sites for hydroxylation is 1. The number of methoxy groups -OCH3 is 1. The lowest BCUT2D eigenvalue weighted by Crippen LogP contribution is -2.60. The van der Waals surface area contributed by atoms with Crippen LogP contribution in [0.25, 0.3) is 0 Å². The van der Waals surface area contributed by atoms with Crippen LogP contribution < -0.4 is 5.01 Å². The van der Waals surface area contributed by atoms with Crippen LogP contribution >= 0.6 is 11.3 Å². The van der Waals surface area contributed by atoms with Crippen molar-refractivity contribution in [2.45, 2.75) is 24.7 Å². The third-order valence-electron chi connectivity index (χ3n) is 4.83. The summed E-state index contributed by atoms with van der Waals surface area (Å²) in [5.74, 6) is -2.03. The van der Waals surface area contributed by atoms with Gasteiger partial charge < -0.3 is 9.84 Å². The Morgan fingerprint density at radius 1 is 1.41 bits per heavy atom. The molecule has 0 spiro atoms. The zero-order chi connectivity index (χ0) is 19.4. The fourth-order valence-corrected chi connectivity index (χ4v) is 4.32. The number of benzene rings is 1. The Morgan fingerprint density at radius 2 is 2.15 bits per heavy atom. The van der Waals surface area contributed by atoms with Crippen molar-refractivity contribution in [3.05, 3.63) is 46.5 Å². The van der Waals surface area contributed by atoms with Gasteiger partial charge in [-0.1, -0.05) is 24.3 Å². The molecule has 142 valence electrons. The number of thiazole rings is 1. The normalized spacial score (nSPS) is 24.3. The molecule has 0 amide bonds. The summed E-state index contributed by atoms with van der Waals surface area (Å²) in [5.41, 5.74) is -1.73. The molecule has 27 heavy (non-hydrogen) atoms. The second kappa shape index (κ2) is 6.03. The van der Waals surface area contributed by atoms with E-state index in [9.17, 15) is 23.1 Å². The lowest BCUT2D eigenvalue weighted by molar-refractivity contribution is -0.268. The van der Waals surface area contributed by atoms with E-state index >= 15 is 0 Å². The van der Waals surface area contributed by atoms with Gasteiger partial charge in [0.25, 0.3) is 5.72 Å². The van der Waals surface area contributed by atoms with Crippen molar-refractivity contribution < 1.29 is 27.8 Å². The summed E-state index contributed by atoms with van der Waals surface area (Å²) >= 11 is 0.783. The number of fused-ring (bicyclic) bond motifs is 3. The number of aliphatic hydroxyl groups is 1. The van der Waals surface area contributed by atoms with Crippen LogP contribution in [-0.4, -0.2) is 40.8 Å². The number of hydrogen-bond acceptors (Lipinski definition) is 7. The highest BCUT2D eigenvalue weighted by molar-refractivity contribution is 7.14. The van der Waals surface area contributed by atoms with E-state index in [2.05, 4.69) is 14.8 Å². The SMILES string of the molecule is COC(=O)c1csc(N2N=C3c4ccccc4CC[C@@H]3[C@]2(O)C(F)(F)F)n1. The molecular formula is C17H14F3N3O3S. The van der Waals surface area contributed by atoms with Gasteiger partial charge in [0.2, 0.25) is 5.13 Å². The van der Waals surface area contributed by atoms with Gasteiger partial charge in [-0.3, -0.25) is 0 Å². The van der Waals surface area contributed by atoms with Gasteiger partial charge in [0.05, 0.1) is 18.7 Å². The molecule has 0 radical (unpaired) electrons. The van der Waals surface area contributed by atoms with E-state index in [0.29, 0.717) is 17.0 Å². The van der Waals surface area contributed by atoms with E-state index in [1.54, 1.807) is 12.1 Å². The van der Waals surface area contributed by atoms with Gasteiger partial charge in [0.1, 0.15) is 0 Å². The maximum absolute atomic E-state index is 14.0. The third-order valence-corrected chi connectivity index (χ3v) is 5.64. The molecule has 0 fully saturated rings. The number of carbonyl (C=O) groups excluding carboxylic acids is 1. The fraction of sp³-hybridized carbons (Fsp3) is 0.353. The van der Waals surface area contributed by atoms with E-state index in [1.165, 1.54) is 5.38 Å². The first-order chi connectivity index (χ1) is 12.8.